The van der Waals surface area contributed by atoms with E-state index in [1.807, 2.05) is 27.9 Å². The second-order valence-electron chi connectivity index (χ2n) is 4.48. The van der Waals surface area contributed by atoms with Crippen LogP contribution >= 0.6 is 22.6 Å². The smallest absolute Gasteiger partial charge is 0.321 e. The van der Waals surface area contributed by atoms with Crippen LogP contribution in [0.15, 0.2) is 36.4 Å². The number of imide groups is 1. The molecular formula is C15H10F3IN2O2. The molecule has 23 heavy (non-hydrogen) atoms. The molecule has 8 heteroatoms. The van der Waals surface area contributed by atoms with Crippen LogP contribution in [-0.4, -0.2) is 11.9 Å². The molecule has 2 aromatic carbocycles. The molecule has 0 saturated carbocycles. The summed E-state index contributed by atoms with van der Waals surface area (Å²) >= 11 is 1.82. The van der Waals surface area contributed by atoms with E-state index in [1.54, 1.807) is 6.07 Å². The number of urea groups is 1. The first-order chi connectivity index (χ1) is 10.9. The second kappa shape index (κ2) is 7.44. The van der Waals surface area contributed by atoms with Gasteiger partial charge in [0.15, 0.2) is 0 Å². The van der Waals surface area contributed by atoms with Gasteiger partial charge in [0, 0.05) is 10.1 Å². The number of halogens is 4. The first-order valence-corrected chi connectivity index (χ1v) is 7.43. The number of carbonyl (C=O) groups is 2. The predicted octanol–water partition coefficient (Wildman–Crippen LogP) is 3.35. The van der Waals surface area contributed by atoms with Crippen LogP contribution in [0.25, 0.3) is 0 Å². The lowest BCUT2D eigenvalue weighted by Crippen LogP contribution is -2.39. The molecule has 0 aliphatic heterocycles. The van der Waals surface area contributed by atoms with E-state index >= 15 is 0 Å². The van der Waals surface area contributed by atoms with E-state index in [-0.39, 0.29) is 6.54 Å². The summed E-state index contributed by atoms with van der Waals surface area (Å²) in [6.07, 6.45) is 0. The monoisotopic (exact) mass is 434 g/mol. The number of hydrogen-bond acceptors (Lipinski definition) is 2. The Bertz CT molecular complexity index is 748. The van der Waals surface area contributed by atoms with E-state index in [0.29, 0.717) is 9.13 Å². The van der Waals surface area contributed by atoms with E-state index in [9.17, 15) is 22.8 Å². The summed E-state index contributed by atoms with van der Waals surface area (Å²) in [5.74, 6) is -3.79. The summed E-state index contributed by atoms with van der Waals surface area (Å²) in [5, 5.41) is 4.11. The van der Waals surface area contributed by atoms with Gasteiger partial charge in [0.05, 0.1) is 0 Å². The van der Waals surface area contributed by atoms with Crippen molar-refractivity contribution in [3.8, 4) is 0 Å². The van der Waals surface area contributed by atoms with Gasteiger partial charge in [-0.05, 0) is 52.4 Å². The zero-order valence-corrected chi connectivity index (χ0v) is 13.7. The maximum absolute atomic E-state index is 13.4. The normalized spacial score (nSPS) is 10.3. The maximum atomic E-state index is 13.4. The summed E-state index contributed by atoms with van der Waals surface area (Å²) in [7, 11) is 0. The van der Waals surface area contributed by atoms with Crippen LogP contribution in [0.5, 0.6) is 0 Å². The van der Waals surface area contributed by atoms with E-state index in [1.165, 1.54) is 12.1 Å². The number of carbonyl (C=O) groups excluding carboxylic acids is 2. The Kier molecular flexibility index (Phi) is 5.59. The van der Waals surface area contributed by atoms with Gasteiger partial charge in [0.2, 0.25) is 0 Å². The molecule has 0 atom stereocenters. The molecule has 0 heterocycles. The summed E-state index contributed by atoms with van der Waals surface area (Å²) in [4.78, 5) is 23.3. The Hall–Kier alpha value is -2.10. The minimum Gasteiger partial charge on any atom is -0.334 e. The third kappa shape index (κ3) is 4.44. The highest BCUT2D eigenvalue weighted by Crippen LogP contribution is 2.13. The van der Waals surface area contributed by atoms with Crippen molar-refractivity contribution in [1.29, 1.82) is 0 Å². The minimum absolute atomic E-state index is 0.0489. The molecule has 0 spiro atoms. The summed E-state index contributed by atoms with van der Waals surface area (Å²) < 4.78 is 40.6. The molecular weight excluding hydrogens is 424 g/mol. The second-order valence-corrected chi connectivity index (χ2v) is 5.64. The van der Waals surface area contributed by atoms with Crippen molar-refractivity contribution < 1.29 is 22.8 Å². The number of amides is 3. The minimum atomic E-state index is -1.20. The van der Waals surface area contributed by atoms with Crippen LogP contribution in [0.3, 0.4) is 0 Å². The lowest BCUT2D eigenvalue weighted by atomic mass is 10.2. The van der Waals surface area contributed by atoms with Crippen molar-refractivity contribution in [3.63, 3.8) is 0 Å². The maximum Gasteiger partial charge on any atom is 0.321 e. The van der Waals surface area contributed by atoms with Gasteiger partial charge in [0.1, 0.15) is 23.0 Å². The fourth-order valence-electron chi connectivity index (χ4n) is 1.76. The van der Waals surface area contributed by atoms with Gasteiger partial charge in [-0.25, -0.2) is 18.0 Å². The molecule has 0 saturated heterocycles. The molecule has 2 N–H and O–H groups in total. The first kappa shape index (κ1) is 17.3. The van der Waals surface area contributed by atoms with Crippen molar-refractivity contribution in [2.24, 2.45) is 0 Å². The molecule has 4 nitrogen and oxygen atoms in total. The molecule has 0 fully saturated rings. The lowest BCUT2D eigenvalue weighted by molar-refractivity contribution is 0.0955. The molecule has 0 bridgehead atoms. The summed E-state index contributed by atoms with van der Waals surface area (Å²) in [6, 6.07) is 6.34. The average molecular weight is 434 g/mol. The third-order valence-corrected chi connectivity index (χ3v) is 3.73. The van der Waals surface area contributed by atoms with Crippen LogP contribution in [0.2, 0.25) is 0 Å². The van der Waals surface area contributed by atoms with Crippen molar-refractivity contribution in [2.75, 3.05) is 0 Å². The molecule has 2 aromatic rings. The Labute approximate surface area is 143 Å². The van der Waals surface area contributed by atoms with Crippen molar-refractivity contribution in [1.82, 2.24) is 10.6 Å². The van der Waals surface area contributed by atoms with Crippen LogP contribution in [0.1, 0.15) is 15.9 Å². The Morgan fingerprint density at radius 1 is 1.00 bits per heavy atom. The van der Waals surface area contributed by atoms with Gasteiger partial charge >= 0.3 is 6.03 Å². The number of hydrogen-bond donors (Lipinski definition) is 2. The molecule has 0 aromatic heterocycles. The number of rotatable bonds is 3. The standard InChI is InChI=1S/C15H10F3IN2O2/c16-9-2-1-3-10(17)13(9)14(22)21-15(23)20-7-8-4-5-12(19)11(18)6-8/h1-6H,7H2,(H2,20,21,22,23). The molecule has 120 valence electrons. The fraction of sp³-hybridized carbons (Fsp3) is 0.0667. The highest BCUT2D eigenvalue weighted by Gasteiger charge is 2.18. The van der Waals surface area contributed by atoms with Gasteiger partial charge in [0.25, 0.3) is 5.91 Å². The third-order valence-electron chi connectivity index (χ3n) is 2.85. The lowest BCUT2D eigenvalue weighted by Gasteiger charge is -2.08. The highest BCUT2D eigenvalue weighted by atomic mass is 127. The van der Waals surface area contributed by atoms with Gasteiger partial charge in [-0.2, -0.15) is 0 Å². The van der Waals surface area contributed by atoms with E-state index < -0.39 is 35.0 Å². The molecule has 3 amide bonds. The van der Waals surface area contributed by atoms with Gasteiger partial charge in [-0.3, -0.25) is 10.1 Å². The SMILES string of the molecule is O=C(NCc1ccc(I)c(F)c1)NC(=O)c1c(F)cccc1F. The van der Waals surface area contributed by atoms with E-state index in [0.717, 1.165) is 18.2 Å². The zero-order valence-electron chi connectivity index (χ0n) is 11.5. The Morgan fingerprint density at radius 2 is 1.65 bits per heavy atom. The fourth-order valence-corrected chi connectivity index (χ4v) is 2.09. The first-order valence-electron chi connectivity index (χ1n) is 6.35. The van der Waals surface area contributed by atoms with E-state index in [4.69, 9.17) is 0 Å². The number of benzene rings is 2. The largest absolute Gasteiger partial charge is 0.334 e. The topological polar surface area (TPSA) is 58.2 Å². The molecule has 0 radical (unpaired) electrons. The Morgan fingerprint density at radius 3 is 2.26 bits per heavy atom. The Balaban J connectivity index is 1.97. The van der Waals surface area contributed by atoms with E-state index in [2.05, 4.69) is 5.32 Å². The predicted molar refractivity (Wildman–Crippen MR) is 85.2 cm³/mol. The highest BCUT2D eigenvalue weighted by molar-refractivity contribution is 14.1. The zero-order chi connectivity index (χ0) is 17.0. The molecule has 2 rings (SSSR count). The van der Waals surface area contributed by atoms with Crippen molar-refractivity contribution >= 4 is 34.5 Å². The summed E-state index contributed by atoms with van der Waals surface area (Å²) in [6.45, 7) is -0.0489. The number of nitrogens with one attached hydrogen (secondary N) is 2. The van der Waals surface area contributed by atoms with Gasteiger partial charge < -0.3 is 5.32 Å². The molecule has 0 aliphatic carbocycles. The van der Waals surface area contributed by atoms with Crippen LogP contribution < -0.4 is 10.6 Å². The van der Waals surface area contributed by atoms with Gasteiger partial charge in [-0.15, -0.1) is 0 Å². The van der Waals surface area contributed by atoms with Crippen LogP contribution in [-0.2, 0) is 6.54 Å². The van der Waals surface area contributed by atoms with Crippen LogP contribution in [0, 0.1) is 21.0 Å². The van der Waals surface area contributed by atoms with Crippen LogP contribution in [0.4, 0.5) is 18.0 Å². The van der Waals surface area contributed by atoms with Crippen molar-refractivity contribution in [3.05, 3.63) is 68.5 Å². The quantitative estimate of drug-likeness (QED) is 0.729. The average Bonchev–Trinajstić information content (AvgIpc) is 2.48. The van der Waals surface area contributed by atoms with Crippen molar-refractivity contribution in [2.45, 2.75) is 6.54 Å². The molecule has 0 aliphatic rings. The molecule has 0 unspecified atom stereocenters. The van der Waals surface area contributed by atoms with Gasteiger partial charge in [-0.1, -0.05) is 12.1 Å². The summed E-state index contributed by atoms with van der Waals surface area (Å²) in [5.41, 5.74) is -0.370.